The van der Waals surface area contributed by atoms with E-state index in [1.807, 2.05) is 19.1 Å². The van der Waals surface area contributed by atoms with E-state index in [0.717, 1.165) is 31.4 Å². The first-order valence-electron chi connectivity index (χ1n) is 11.6. The molecule has 0 radical (unpaired) electrons. The van der Waals surface area contributed by atoms with Gasteiger partial charge in [0.2, 0.25) is 0 Å². The lowest BCUT2D eigenvalue weighted by Crippen LogP contribution is -2.37. The van der Waals surface area contributed by atoms with Crippen LogP contribution < -0.4 is 15.6 Å². The van der Waals surface area contributed by atoms with Crippen LogP contribution in [0.25, 0.3) is 10.9 Å². The van der Waals surface area contributed by atoms with Crippen LogP contribution in [0.1, 0.15) is 65.6 Å². The van der Waals surface area contributed by atoms with E-state index in [1.54, 1.807) is 35.9 Å². The second kappa shape index (κ2) is 9.65. The number of ether oxygens (including phenoxy) is 1. The highest BCUT2D eigenvalue weighted by Gasteiger charge is 2.28. The average Bonchev–Trinajstić information content (AvgIpc) is 3.13. The molecule has 3 aromatic rings. The quantitative estimate of drug-likeness (QED) is 0.556. The highest BCUT2D eigenvalue weighted by Crippen LogP contribution is 2.31. The van der Waals surface area contributed by atoms with Crippen molar-refractivity contribution in [2.45, 2.75) is 58.0 Å². The number of nitrogens with zero attached hydrogens (tertiary/aromatic N) is 2. The van der Waals surface area contributed by atoms with Gasteiger partial charge in [0.15, 0.2) is 17.2 Å². The highest BCUT2D eigenvalue weighted by atomic mass is 16.5. The molecule has 0 bridgehead atoms. The Morgan fingerprint density at radius 3 is 2.45 bits per heavy atom. The van der Waals surface area contributed by atoms with Gasteiger partial charge >= 0.3 is 0 Å². The molecule has 4 rings (SSSR count). The van der Waals surface area contributed by atoms with Gasteiger partial charge in [-0.2, -0.15) is 0 Å². The number of ketones is 1. The second-order valence-electron chi connectivity index (χ2n) is 8.68. The smallest absolute Gasteiger partial charge is 0.272 e. The van der Waals surface area contributed by atoms with Crippen molar-refractivity contribution in [2.75, 3.05) is 7.11 Å². The number of aromatic nitrogens is 2. The number of hydrogen-bond acceptors (Lipinski definition) is 4. The van der Waals surface area contributed by atoms with Crippen LogP contribution in [0.15, 0.2) is 41.2 Å². The maximum Gasteiger partial charge on any atom is 0.272 e. The zero-order chi connectivity index (χ0) is 23.5. The Kier molecular flexibility index (Phi) is 6.67. The minimum atomic E-state index is -0.321. The van der Waals surface area contributed by atoms with Gasteiger partial charge in [-0.1, -0.05) is 56.5 Å². The van der Waals surface area contributed by atoms with Crippen LogP contribution in [-0.2, 0) is 20.0 Å². The Bertz CT molecular complexity index is 1230. The standard InChI is InChI=1S/C26H31N3O4/c1-4-19-15-20-22(26(32)29(19)16-21(30)17-11-7-5-8-12-17)24(33-3)23(28(20)2)25(31)27-18-13-9-6-10-14-18/h5,7-8,11-12,15,18H,4,6,9-10,13-14,16H2,1-3H3,(H,27,31). The molecule has 7 nitrogen and oxygen atoms in total. The predicted octanol–water partition coefficient (Wildman–Crippen LogP) is 3.86. The normalized spacial score (nSPS) is 14.4. The molecule has 1 aliphatic carbocycles. The number of rotatable bonds is 7. The lowest BCUT2D eigenvalue weighted by molar-refractivity contribution is 0.0915. The summed E-state index contributed by atoms with van der Waals surface area (Å²) in [7, 11) is 3.25. The summed E-state index contributed by atoms with van der Waals surface area (Å²) in [6, 6.07) is 11.0. The first-order chi connectivity index (χ1) is 16.0. The van der Waals surface area contributed by atoms with Crippen LogP contribution in [0.3, 0.4) is 0 Å². The number of fused-ring (bicyclic) bond motifs is 1. The minimum absolute atomic E-state index is 0.0659. The lowest BCUT2D eigenvalue weighted by Gasteiger charge is -2.23. The monoisotopic (exact) mass is 449 g/mol. The average molecular weight is 450 g/mol. The number of nitrogens with one attached hydrogen (secondary N) is 1. The molecule has 0 atom stereocenters. The van der Waals surface area contributed by atoms with Crippen LogP contribution in [0.5, 0.6) is 5.75 Å². The Balaban J connectivity index is 1.79. The molecule has 2 aromatic heterocycles. The summed E-state index contributed by atoms with van der Waals surface area (Å²) in [5.41, 5.74) is 1.94. The number of amides is 1. The fourth-order valence-electron chi connectivity index (χ4n) is 4.83. The third kappa shape index (κ3) is 4.32. The maximum atomic E-state index is 13.6. The summed E-state index contributed by atoms with van der Waals surface area (Å²) in [5.74, 6) is -0.118. The molecule has 2 heterocycles. The van der Waals surface area contributed by atoms with E-state index >= 15 is 0 Å². The number of pyridine rings is 1. The molecule has 0 spiro atoms. The lowest BCUT2D eigenvalue weighted by atomic mass is 9.95. The number of carbonyl (C=O) groups excluding carboxylic acids is 2. The SMILES string of the molecule is CCc1cc2c(c(OC)c(C(=O)NC3CCCCC3)n2C)c(=O)n1CC(=O)c1ccccc1. The Morgan fingerprint density at radius 2 is 1.82 bits per heavy atom. The van der Waals surface area contributed by atoms with Crippen molar-refractivity contribution in [3.63, 3.8) is 0 Å². The zero-order valence-electron chi connectivity index (χ0n) is 19.5. The summed E-state index contributed by atoms with van der Waals surface area (Å²) < 4.78 is 8.84. The molecule has 1 aromatic carbocycles. The Hall–Kier alpha value is -3.35. The number of Topliss-reactive ketones (excluding diaryl/α,β-unsaturated/α-hetero) is 1. The summed E-state index contributed by atoms with van der Waals surface area (Å²) in [4.78, 5) is 39.7. The van der Waals surface area contributed by atoms with E-state index in [9.17, 15) is 14.4 Å². The van der Waals surface area contributed by atoms with Crippen molar-refractivity contribution in [3.05, 3.63) is 63.7 Å². The van der Waals surface area contributed by atoms with Gasteiger partial charge in [0.25, 0.3) is 11.5 Å². The molecule has 174 valence electrons. The van der Waals surface area contributed by atoms with Gasteiger partial charge in [-0.05, 0) is 25.3 Å². The summed E-state index contributed by atoms with van der Waals surface area (Å²) in [5, 5.41) is 3.45. The van der Waals surface area contributed by atoms with Crippen LogP contribution in [0.4, 0.5) is 0 Å². The van der Waals surface area contributed by atoms with Gasteiger partial charge < -0.3 is 19.2 Å². The largest absolute Gasteiger partial charge is 0.493 e. The van der Waals surface area contributed by atoms with Crippen LogP contribution in [-0.4, -0.2) is 34.0 Å². The second-order valence-corrected chi connectivity index (χ2v) is 8.68. The van der Waals surface area contributed by atoms with Crippen molar-refractivity contribution in [1.29, 1.82) is 0 Å². The van der Waals surface area contributed by atoms with E-state index in [2.05, 4.69) is 5.32 Å². The highest BCUT2D eigenvalue weighted by molar-refractivity contribution is 6.04. The van der Waals surface area contributed by atoms with Crippen molar-refractivity contribution < 1.29 is 14.3 Å². The summed E-state index contributed by atoms with van der Waals surface area (Å²) in [6.45, 7) is 1.88. The number of benzene rings is 1. The number of carbonyl (C=O) groups is 2. The van der Waals surface area contributed by atoms with Crippen LogP contribution in [0, 0.1) is 0 Å². The summed E-state index contributed by atoms with van der Waals surface area (Å²) >= 11 is 0. The third-order valence-electron chi connectivity index (χ3n) is 6.62. The van der Waals surface area contributed by atoms with Crippen molar-refractivity contribution in [1.82, 2.24) is 14.5 Å². The third-order valence-corrected chi connectivity index (χ3v) is 6.62. The molecule has 1 N–H and O–H groups in total. The molecule has 0 unspecified atom stereocenters. The van der Waals surface area contributed by atoms with E-state index in [1.165, 1.54) is 18.1 Å². The predicted molar refractivity (Wildman–Crippen MR) is 128 cm³/mol. The first-order valence-corrected chi connectivity index (χ1v) is 11.6. The molecule has 0 saturated heterocycles. The number of hydrogen-bond donors (Lipinski definition) is 1. The molecule has 0 aliphatic heterocycles. The number of aryl methyl sites for hydroxylation is 2. The number of methoxy groups -OCH3 is 1. The maximum absolute atomic E-state index is 13.6. The van der Waals surface area contributed by atoms with Crippen LogP contribution in [0.2, 0.25) is 0 Å². The fraction of sp³-hybridized carbons (Fsp3) is 0.423. The summed E-state index contributed by atoms with van der Waals surface area (Å²) in [6.07, 6.45) is 5.92. The van der Waals surface area contributed by atoms with Gasteiger partial charge in [-0.15, -0.1) is 0 Å². The van der Waals surface area contributed by atoms with Gasteiger partial charge in [-0.3, -0.25) is 14.4 Å². The Labute approximate surface area is 193 Å². The first kappa shape index (κ1) is 22.8. The van der Waals surface area contributed by atoms with Crippen molar-refractivity contribution >= 4 is 22.6 Å². The van der Waals surface area contributed by atoms with Gasteiger partial charge in [0.05, 0.1) is 19.2 Å². The van der Waals surface area contributed by atoms with E-state index < -0.39 is 0 Å². The van der Waals surface area contributed by atoms with Crippen LogP contribution >= 0.6 is 0 Å². The molecule has 33 heavy (non-hydrogen) atoms. The zero-order valence-corrected chi connectivity index (χ0v) is 19.5. The molecule has 1 amide bonds. The molecule has 1 saturated carbocycles. The molecule has 1 fully saturated rings. The molecule has 1 aliphatic rings. The van der Waals surface area contributed by atoms with Gasteiger partial charge in [0, 0.05) is 24.3 Å². The Morgan fingerprint density at radius 1 is 1.12 bits per heavy atom. The minimum Gasteiger partial charge on any atom is -0.493 e. The van der Waals surface area contributed by atoms with Gasteiger partial charge in [0.1, 0.15) is 5.39 Å². The van der Waals surface area contributed by atoms with Gasteiger partial charge in [-0.25, -0.2) is 0 Å². The fourth-order valence-corrected chi connectivity index (χ4v) is 4.83. The van der Waals surface area contributed by atoms with E-state index in [4.69, 9.17) is 4.74 Å². The molecular formula is C26H31N3O4. The van der Waals surface area contributed by atoms with E-state index in [-0.39, 0.29) is 35.6 Å². The molecular weight excluding hydrogens is 418 g/mol. The topological polar surface area (TPSA) is 82.3 Å². The van der Waals surface area contributed by atoms with E-state index in [0.29, 0.717) is 28.6 Å². The van der Waals surface area contributed by atoms with Crippen molar-refractivity contribution in [2.24, 2.45) is 7.05 Å². The van der Waals surface area contributed by atoms with Crippen molar-refractivity contribution in [3.8, 4) is 5.75 Å². The molecule has 7 heteroatoms.